The molecule has 24 heavy (non-hydrogen) atoms. The number of fused-ring (bicyclic) bond motifs is 2. The van der Waals surface area contributed by atoms with Gasteiger partial charge in [0.25, 0.3) is 5.91 Å². The van der Waals surface area contributed by atoms with E-state index >= 15 is 0 Å². The molecular formula is C19H14N2O2S. The first-order valence-corrected chi connectivity index (χ1v) is 8.30. The van der Waals surface area contributed by atoms with Gasteiger partial charge in [0.2, 0.25) is 0 Å². The molecule has 5 heteroatoms. The quantitative estimate of drug-likeness (QED) is 0.590. The van der Waals surface area contributed by atoms with Gasteiger partial charge in [-0.2, -0.15) is 0 Å². The SMILES string of the molecule is COc1ccccc1NC(=O)c1cc2cc3ccccc3nc2s1. The molecule has 0 spiro atoms. The molecule has 0 aliphatic carbocycles. The van der Waals surface area contributed by atoms with E-state index in [2.05, 4.69) is 16.4 Å². The lowest BCUT2D eigenvalue weighted by molar-refractivity contribution is 0.103. The highest BCUT2D eigenvalue weighted by Gasteiger charge is 2.13. The summed E-state index contributed by atoms with van der Waals surface area (Å²) in [6, 6.07) is 19.2. The monoisotopic (exact) mass is 334 g/mol. The van der Waals surface area contributed by atoms with Gasteiger partial charge in [0.1, 0.15) is 10.6 Å². The van der Waals surface area contributed by atoms with Crippen molar-refractivity contribution in [3.8, 4) is 5.75 Å². The van der Waals surface area contributed by atoms with E-state index in [9.17, 15) is 4.79 Å². The molecule has 0 saturated carbocycles. The fourth-order valence-electron chi connectivity index (χ4n) is 2.62. The largest absolute Gasteiger partial charge is 0.495 e. The highest BCUT2D eigenvalue weighted by molar-refractivity contribution is 7.20. The zero-order valence-electron chi connectivity index (χ0n) is 12.9. The molecule has 0 atom stereocenters. The summed E-state index contributed by atoms with van der Waals surface area (Å²) in [5.74, 6) is 0.474. The maximum Gasteiger partial charge on any atom is 0.265 e. The predicted molar refractivity (Wildman–Crippen MR) is 98.1 cm³/mol. The van der Waals surface area contributed by atoms with E-state index in [0.29, 0.717) is 16.3 Å². The first kappa shape index (κ1) is 14.7. The maximum absolute atomic E-state index is 12.6. The van der Waals surface area contributed by atoms with Crippen LogP contribution in [0.2, 0.25) is 0 Å². The molecule has 0 bridgehead atoms. The van der Waals surface area contributed by atoms with Crippen LogP contribution >= 0.6 is 11.3 Å². The number of nitrogens with zero attached hydrogens (tertiary/aromatic N) is 1. The molecule has 4 aromatic rings. The van der Waals surface area contributed by atoms with E-state index in [1.54, 1.807) is 7.11 Å². The Morgan fingerprint density at radius 3 is 2.71 bits per heavy atom. The van der Waals surface area contributed by atoms with Gasteiger partial charge in [0.15, 0.2) is 0 Å². The molecule has 0 saturated heterocycles. The number of carbonyl (C=O) groups excluding carboxylic acids is 1. The van der Waals surface area contributed by atoms with Crippen molar-refractivity contribution in [3.63, 3.8) is 0 Å². The molecule has 0 radical (unpaired) electrons. The van der Waals surface area contributed by atoms with Crippen molar-refractivity contribution >= 4 is 44.1 Å². The summed E-state index contributed by atoms with van der Waals surface area (Å²) in [6.07, 6.45) is 0. The number of hydrogen-bond acceptors (Lipinski definition) is 4. The smallest absolute Gasteiger partial charge is 0.265 e. The van der Waals surface area contributed by atoms with Gasteiger partial charge in [0.05, 0.1) is 23.2 Å². The number of para-hydroxylation sites is 3. The van der Waals surface area contributed by atoms with Gasteiger partial charge in [-0.3, -0.25) is 4.79 Å². The summed E-state index contributed by atoms with van der Waals surface area (Å²) in [7, 11) is 1.58. The lowest BCUT2D eigenvalue weighted by atomic mass is 10.2. The standard InChI is InChI=1S/C19H14N2O2S/c1-23-16-9-5-4-8-15(16)20-18(22)17-11-13-10-12-6-2-3-7-14(12)21-19(13)24-17/h2-11H,1H3,(H,20,22). The van der Waals surface area contributed by atoms with Crippen LogP contribution in [0.1, 0.15) is 9.67 Å². The zero-order valence-corrected chi connectivity index (χ0v) is 13.8. The third-order valence-corrected chi connectivity index (χ3v) is 4.83. The summed E-state index contributed by atoms with van der Waals surface area (Å²) in [5.41, 5.74) is 1.59. The van der Waals surface area contributed by atoms with Gasteiger partial charge in [0, 0.05) is 10.8 Å². The van der Waals surface area contributed by atoms with Crippen LogP contribution in [0.3, 0.4) is 0 Å². The van der Waals surface area contributed by atoms with E-state index in [4.69, 9.17) is 4.74 Å². The minimum atomic E-state index is -0.161. The lowest BCUT2D eigenvalue weighted by Crippen LogP contribution is -2.10. The van der Waals surface area contributed by atoms with Gasteiger partial charge in [-0.1, -0.05) is 30.3 Å². The van der Waals surface area contributed by atoms with Crippen LogP contribution in [-0.4, -0.2) is 18.0 Å². The van der Waals surface area contributed by atoms with Gasteiger partial charge in [-0.05, 0) is 30.3 Å². The molecule has 0 aliphatic rings. The van der Waals surface area contributed by atoms with Gasteiger partial charge in [-0.15, -0.1) is 11.3 Å². The van der Waals surface area contributed by atoms with Crippen molar-refractivity contribution in [3.05, 3.63) is 65.5 Å². The van der Waals surface area contributed by atoms with Crippen molar-refractivity contribution < 1.29 is 9.53 Å². The lowest BCUT2D eigenvalue weighted by Gasteiger charge is -2.08. The summed E-state index contributed by atoms with van der Waals surface area (Å²) in [4.78, 5) is 18.7. The number of aromatic nitrogens is 1. The topological polar surface area (TPSA) is 51.2 Å². The third kappa shape index (κ3) is 2.59. The number of carbonyl (C=O) groups is 1. The van der Waals surface area contributed by atoms with Crippen molar-refractivity contribution in [1.82, 2.24) is 4.98 Å². The summed E-state index contributed by atoms with van der Waals surface area (Å²) < 4.78 is 5.27. The van der Waals surface area contributed by atoms with Crippen molar-refractivity contribution in [1.29, 1.82) is 0 Å². The number of benzene rings is 2. The normalized spacial score (nSPS) is 10.9. The average molecular weight is 334 g/mol. The Morgan fingerprint density at radius 1 is 1.04 bits per heavy atom. The number of pyridine rings is 1. The van der Waals surface area contributed by atoms with Crippen LogP contribution in [0.4, 0.5) is 5.69 Å². The minimum Gasteiger partial charge on any atom is -0.495 e. The number of methoxy groups -OCH3 is 1. The van der Waals surface area contributed by atoms with E-state index in [0.717, 1.165) is 21.1 Å². The second-order valence-electron chi connectivity index (χ2n) is 5.34. The highest BCUT2D eigenvalue weighted by atomic mass is 32.1. The molecule has 4 rings (SSSR count). The van der Waals surface area contributed by atoms with E-state index in [-0.39, 0.29) is 5.91 Å². The summed E-state index contributed by atoms with van der Waals surface area (Å²) >= 11 is 1.39. The van der Waals surface area contributed by atoms with Crippen LogP contribution in [-0.2, 0) is 0 Å². The van der Waals surface area contributed by atoms with Gasteiger partial charge < -0.3 is 10.1 Å². The fraction of sp³-hybridized carbons (Fsp3) is 0.0526. The highest BCUT2D eigenvalue weighted by Crippen LogP contribution is 2.29. The van der Waals surface area contributed by atoms with Crippen molar-refractivity contribution in [2.75, 3.05) is 12.4 Å². The third-order valence-electron chi connectivity index (χ3n) is 3.79. The van der Waals surface area contributed by atoms with Crippen LogP contribution in [0.15, 0.2) is 60.7 Å². The van der Waals surface area contributed by atoms with Crippen LogP contribution in [0, 0.1) is 0 Å². The number of anilines is 1. The molecule has 2 aromatic carbocycles. The Bertz CT molecular complexity index is 1000. The fourth-order valence-corrected chi connectivity index (χ4v) is 3.54. The van der Waals surface area contributed by atoms with E-state index in [1.807, 2.05) is 54.6 Å². The van der Waals surface area contributed by atoms with E-state index < -0.39 is 0 Å². The van der Waals surface area contributed by atoms with Crippen molar-refractivity contribution in [2.24, 2.45) is 0 Å². The van der Waals surface area contributed by atoms with E-state index in [1.165, 1.54) is 11.3 Å². The Balaban J connectivity index is 1.70. The summed E-state index contributed by atoms with van der Waals surface area (Å²) in [6.45, 7) is 0. The summed E-state index contributed by atoms with van der Waals surface area (Å²) in [5, 5.41) is 4.94. The molecule has 0 unspecified atom stereocenters. The molecule has 1 amide bonds. The first-order chi connectivity index (χ1) is 11.7. The number of nitrogens with one attached hydrogen (secondary N) is 1. The molecule has 118 valence electrons. The van der Waals surface area contributed by atoms with Gasteiger partial charge >= 0.3 is 0 Å². The number of amides is 1. The van der Waals surface area contributed by atoms with Crippen LogP contribution in [0.25, 0.3) is 21.1 Å². The molecule has 1 N–H and O–H groups in total. The maximum atomic E-state index is 12.6. The number of hydrogen-bond donors (Lipinski definition) is 1. The Hall–Kier alpha value is -2.92. The Morgan fingerprint density at radius 2 is 1.83 bits per heavy atom. The predicted octanol–water partition coefficient (Wildman–Crippen LogP) is 4.71. The molecule has 0 aliphatic heterocycles. The minimum absolute atomic E-state index is 0.161. The Kier molecular flexibility index (Phi) is 3.63. The molecule has 4 nitrogen and oxygen atoms in total. The number of ether oxygens (including phenoxy) is 1. The Labute approximate surface area is 142 Å². The molecule has 2 aromatic heterocycles. The van der Waals surface area contributed by atoms with Crippen LogP contribution < -0.4 is 10.1 Å². The second-order valence-corrected chi connectivity index (χ2v) is 6.37. The van der Waals surface area contributed by atoms with Crippen LogP contribution in [0.5, 0.6) is 5.75 Å². The van der Waals surface area contributed by atoms with Gasteiger partial charge in [-0.25, -0.2) is 4.98 Å². The second kappa shape index (κ2) is 5.94. The average Bonchev–Trinajstić information content (AvgIpc) is 3.03. The molecular weight excluding hydrogens is 320 g/mol. The zero-order chi connectivity index (χ0) is 16.5. The first-order valence-electron chi connectivity index (χ1n) is 7.48. The molecule has 0 fully saturated rings. The number of thiophene rings is 1. The van der Waals surface area contributed by atoms with Crippen molar-refractivity contribution in [2.45, 2.75) is 0 Å². The molecule has 2 heterocycles. The number of rotatable bonds is 3.